The Morgan fingerprint density at radius 1 is 1.31 bits per heavy atom. The largest absolute Gasteiger partial charge is 0.465 e. The molecular weight excluding hydrogens is 202 g/mol. The predicted octanol–water partition coefficient (Wildman–Crippen LogP) is 2.51. The van der Waals surface area contributed by atoms with Crippen molar-refractivity contribution in [3.8, 4) is 0 Å². The Morgan fingerprint density at radius 2 is 2.00 bits per heavy atom. The van der Waals surface area contributed by atoms with Crippen LogP contribution >= 0.6 is 0 Å². The van der Waals surface area contributed by atoms with Gasteiger partial charge in [0.15, 0.2) is 0 Å². The van der Waals surface area contributed by atoms with Gasteiger partial charge in [-0.25, -0.2) is 0 Å². The summed E-state index contributed by atoms with van der Waals surface area (Å²) in [5.41, 5.74) is 7.90. The van der Waals surface area contributed by atoms with Crippen LogP contribution in [0.15, 0.2) is 11.3 Å². The van der Waals surface area contributed by atoms with E-state index in [1.54, 1.807) is 0 Å². The van der Waals surface area contributed by atoms with Gasteiger partial charge in [-0.15, -0.1) is 0 Å². The number of carbonyl (C=O) groups is 1. The summed E-state index contributed by atoms with van der Waals surface area (Å²) in [4.78, 5) is 12.1. The lowest BCUT2D eigenvalue weighted by Crippen LogP contribution is -2.43. The predicted molar refractivity (Wildman–Crippen MR) is 62.6 cm³/mol. The number of hydrogen-bond donors (Lipinski definition) is 1. The third-order valence-corrected chi connectivity index (χ3v) is 3.96. The molecule has 0 radical (unpaired) electrons. The number of ether oxygens (including phenoxy) is 1. The van der Waals surface area contributed by atoms with Crippen molar-refractivity contribution in [1.82, 2.24) is 0 Å². The van der Waals surface area contributed by atoms with Crippen molar-refractivity contribution in [2.75, 3.05) is 6.61 Å². The van der Waals surface area contributed by atoms with E-state index in [1.165, 1.54) is 5.57 Å². The number of hydrogen-bond acceptors (Lipinski definition) is 3. The van der Waals surface area contributed by atoms with Crippen LogP contribution in [-0.4, -0.2) is 12.6 Å². The highest BCUT2D eigenvalue weighted by atomic mass is 16.5. The zero-order chi connectivity index (χ0) is 11.6. The Bertz CT molecular complexity index is 316. The van der Waals surface area contributed by atoms with Crippen LogP contribution in [0.1, 0.15) is 51.9 Å². The molecule has 0 saturated heterocycles. The van der Waals surface area contributed by atoms with Crippen molar-refractivity contribution in [1.29, 1.82) is 0 Å². The molecule has 0 spiro atoms. The van der Waals surface area contributed by atoms with E-state index < -0.39 is 0 Å². The minimum absolute atomic E-state index is 0.0406. The van der Waals surface area contributed by atoms with E-state index in [0.29, 0.717) is 6.61 Å². The number of rotatable bonds is 3. The Labute approximate surface area is 97.0 Å². The van der Waals surface area contributed by atoms with Gasteiger partial charge >= 0.3 is 5.97 Å². The third-order valence-electron chi connectivity index (χ3n) is 3.96. The van der Waals surface area contributed by atoms with Gasteiger partial charge < -0.3 is 10.5 Å². The average molecular weight is 223 g/mol. The van der Waals surface area contributed by atoms with Gasteiger partial charge in [-0.05, 0) is 51.0 Å². The topological polar surface area (TPSA) is 52.3 Å². The zero-order valence-corrected chi connectivity index (χ0v) is 10.1. The molecule has 2 aliphatic rings. The molecule has 0 amide bonds. The molecule has 90 valence electrons. The van der Waals surface area contributed by atoms with E-state index >= 15 is 0 Å². The van der Waals surface area contributed by atoms with Gasteiger partial charge in [0.05, 0.1) is 12.0 Å². The number of esters is 1. The fourth-order valence-corrected chi connectivity index (χ4v) is 2.90. The smallest absolute Gasteiger partial charge is 0.316 e. The van der Waals surface area contributed by atoms with Crippen molar-refractivity contribution in [3.63, 3.8) is 0 Å². The molecule has 16 heavy (non-hydrogen) atoms. The summed E-state index contributed by atoms with van der Waals surface area (Å²) in [5, 5.41) is 0. The van der Waals surface area contributed by atoms with Crippen LogP contribution in [0.25, 0.3) is 0 Å². The van der Waals surface area contributed by atoms with Gasteiger partial charge in [-0.3, -0.25) is 4.79 Å². The summed E-state index contributed by atoms with van der Waals surface area (Å²) in [6.07, 6.45) is 7.26. The molecule has 0 heterocycles. The van der Waals surface area contributed by atoms with Crippen LogP contribution in [0.3, 0.4) is 0 Å². The number of nitrogens with two attached hydrogens (primary N) is 1. The molecule has 0 aliphatic heterocycles. The van der Waals surface area contributed by atoms with Crippen LogP contribution < -0.4 is 5.73 Å². The van der Waals surface area contributed by atoms with Gasteiger partial charge in [0.25, 0.3) is 0 Å². The average Bonchev–Trinajstić information content (AvgIpc) is 2.19. The molecule has 1 saturated carbocycles. The molecule has 0 unspecified atom stereocenters. The fourth-order valence-electron chi connectivity index (χ4n) is 2.90. The fraction of sp³-hybridized carbons (Fsp3) is 0.769. The maximum atomic E-state index is 12.1. The SMILES string of the molecule is CCOC(=O)C1(C2=C(N)CCCC2)CCC1. The summed E-state index contributed by atoms with van der Waals surface area (Å²) < 4.78 is 5.22. The molecule has 3 nitrogen and oxygen atoms in total. The quantitative estimate of drug-likeness (QED) is 0.748. The molecule has 2 N–H and O–H groups in total. The molecule has 3 heteroatoms. The molecule has 0 aromatic heterocycles. The van der Waals surface area contributed by atoms with Crippen LogP contribution in [-0.2, 0) is 9.53 Å². The highest BCUT2D eigenvalue weighted by molar-refractivity contribution is 5.82. The van der Waals surface area contributed by atoms with E-state index in [-0.39, 0.29) is 11.4 Å². The summed E-state index contributed by atoms with van der Waals surface area (Å²) in [5.74, 6) is -0.0406. The van der Waals surface area contributed by atoms with Gasteiger partial charge in [0, 0.05) is 5.70 Å². The summed E-state index contributed by atoms with van der Waals surface area (Å²) in [6.45, 7) is 2.33. The van der Waals surface area contributed by atoms with Gasteiger partial charge in [0.1, 0.15) is 0 Å². The lowest BCUT2D eigenvalue weighted by Gasteiger charge is -2.43. The first kappa shape index (κ1) is 11.5. The van der Waals surface area contributed by atoms with Crippen molar-refractivity contribution < 1.29 is 9.53 Å². The van der Waals surface area contributed by atoms with E-state index in [4.69, 9.17) is 10.5 Å². The molecule has 2 aliphatic carbocycles. The number of allylic oxidation sites excluding steroid dienone is 1. The Balaban J connectivity index is 2.23. The molecule has 0 aromatic rings. The molecule has 0 bridgehead atoms. The Hall–Kier alpha value is -0.990. The van der Waals surface area contributed by atoms with Crippen LogP contribution in [0, 0.1) is 5.41 Å². The van der Waals surface area contributed by atoms with Crippen LogP contribution in [0.5, 0.6) is 0 Å². The lowest BCUT2D eigenvalue weighted by molar-refractivity contribution is -0.158. The van der Waals surface area contributed by atoms with Gasteiger partial charge in [0.2, 0.25) is 0 Å². The maximum absolute atomic E-state index is 12.1. The van der Waals surface area contributed by atoms with Crippen molar-refractivity contribution >= 4 is 5.97 Å². The molecular formula is C13H21NO2. The monoisotopic (exact) mass is 223 g/mol. The summed E-state index contributed by atoms with van der Waals surface area (Å²) in [6, 6.07) is 0. The second kappa shape index (κ2) is 4.48. The number of carbonyl (C=O) groups excluding carboxylic acids is 1. The second-order valence-electron chi connectivity index (χ2n) is 4.87. The maximum Gasteiger partial charge on any atom is 0.316 e. The van der Waals surface area contributed by atoms with Crippen molar-refractivity contribution in [3.05, 3.63) is 11.3 Å². The Morgan fingerprint density at radius 3 is 2.50 bits per heavy atom. The first-order valence-corrected chi connectivity index (χ1v) is 6.36. The normalized spacial score (nSPS) is 23.8. The lowest BCUT2D eigenvalue weighted by atomic mass is 9.61. The Kier molecular flexibility index (Phi) is 3.22. The summed E-state index contributed by atoms with van der Waals surface area (Å²) >= 11 is 0. The van der Waals surface area contributed by atoms with E-state index in [9.17, 15) is 4.79 Å². The standard InChI is InChI=1S/C13H21NO2/c1-2-16-12(15)13(8-5-9-13)10-6-3-4-7-11(10)14/h2-9,14H2,1H3. The molecule has 2 rings (SSSR count). The zero-order valence-electron chi connectivity index (χ0n) is 10.1. The van der Waals surface area contributed by atoms with Crippen molar-refractivity contribution in [2.24, 2.45) is 11.1 Å². The molecule has 0 atom stereocenters. The van der Waals surface area contributed by atoms with Gasteiger partial charge in [-0.1, -0.05) is 6.42 Å². The third kappa shape index (κ3) is 1.72. The summed E-state index contributed by atoms with van der Waals surface area (Å²) in [7, 11) is 0. The second-order valence-corrected chi connectivity index (χ2v) is 4.87. The van der Waals surface area contributed by atoms with E-state index in [2.05, 4.69) is 0 Å². The highest BCUT2D eigenvalue weighted by Crippen LogP contribution is 2.51. The highest BCUT2D eigenvalue weighted by Gasteiger charge is 2.49. The first-order valence-electron chi connectivity index (χ1n) is 6.36. The molecule has 1 fully saturated rings. The van der Waals surface area contributed by atoms with Crippen LogP contribution in [0.2, 0.25) is 0 Å². The molecule has 0 aromatic carbocycles. The van der Waals surface area contributed by atoms with Crippen molar-refractivity contribution in [2.45, 2.75) is 51.9 Å². The minimum Gasteiger partial charge on any atom is -0.465 e. The van der Waals surface area contributed by atoms with E-state index in [0.717, 1.165) is 50.6 Å². The van der Waals surface area contributed by atoms with E-state index in [1.807, 2.05) is 6.92 Å². The van der Waals surface area contributed by atoms with Gasteiger partial charge in [-0.2, -0.15) is 0 Å². The minimum atomic E-state index is -0.333. The van der Waals surface area contributed by atoms with Crippen LogP contribution in [0.4, 0.5) is 0 Å². The first-order chi connectivity index (χ1) is 7.70.